The molecule has 2 rings (SSSR count). The SMILES string of the molecule is Cc1nn(-c2cccc(Cl)c2)c(Cl)c1/C=N\NC(=O)C(=O)NC(C)C. The molecule has 2 aromatic rings. The molecule has 0 unspecified atom stereocenters. The molecule has 0 aliphatic heterocycles. The largest absolute Gasteiger partial charge is 0.346 e. The molecule has 0 aliphatic rings. The third-order valence-electron chi connectivity index (χ3n) is 3.09. The van der Waals surface area contributed by atoms with E-state index in [9.17, 15) is 9.59 Å². The number of carbonyl (C=O) groups is 2. The van der Waals surface area contributed by atoms with Crippen molar-refractivity contribution in [2.75, 3.05) is 0 Å². The van der Waals surface area contributed by atoms with Gasteiger partial charge in [-0.05, 0) is 39.0 Å². The predicted octanol–water partition coefficient (Wildman–Crippen LogP) is 2.46. The highest BCUT2D eigenvalue weighted by molar-refractivity contribution is 6.35. The number of nitrogens with zero attached hydrogens (tertiary/aromatic N) is 3. The quantitative estimate of drug-likeness (QED) is 0.484. The Morgan fingerprint density at radius 2 is 2.00 bits per heavy atom. The summed E-state index contributed by atoms with van der Waals surface area (Å²) in [6, 6.07) is 6.92. The molecule has 0 aliphatic carbocycles. The number of aryl methyl sites for hydroxylation is 1. The average molecular weight is 382 g/mol. The number of rotatable bonds is 4. The molecule has 25 heavy (non-hydrogen) atoms. The highest BCUT2D eigenvalue weighted by Gasteiger charge is 2.15. The molecular formula is C16H17Cl2N5O2. The minimum absolute atomic E-state index is 0.144. The first-order valence-corrected chi connectivity index (χ1v) is 8.20. The fraction of sp³-hybridized carbons (Fsp3) is 0.250. The van der Waals surface area contributed by atoms with Crippen LogP contribution in [0.5, 0.6) is 0 Å². The zero-order valence-corrected chi connectivity index (χ0v) is 15.4. The van der Waals surface area contributed by atoms with Crippen LogP contribution < -0.4 is 10.7 Å². The van der Waals surface area contributed by atoms with Crippen molar-refractivity contribution >= 4 is 41.2 Å². The molecule has 0 bridgehead atoms. The number of hydrazone groups is 1. The highest BCUT2D eigenvalue weighted by Crippen LogP contribution is 2.23. The van der Waals surface area contributed by atoms with Gasteiger partial charge in [0.05, 0.1) is 23.2 Å². The van der Waals surface area contributed by atoms with Crippen LogP contribution in [0.2, 0.25) is 10.2 Å². The Balaban J connectivity index is 2.16. The Morgan fingerprint density at radius 3 is 2.64 bits per heavy atom. The van der Waals surface area contributed by atoms with E-state index in [1.807, 2.05) is 6.07 Å². The standard InChI is InChI=1S/C16H17Cl2N5O2/c1-9(2)20-15(24)16(25)21-19-8-13-10(3)22-23(14(13)18)12-6-4-5-11(17)7-12/h4-9H,1-3H3,(H,20,24)(H,21,25)/b19-8-. The third-order valence-corrected chi connectivity index (χ3v) is 3.69. The fourth-order valence-corrected chi connectivity index (χ4v) is 2.48. The molecule has 132 valence electrons. The topological polar surface area (TPSA) is 88.4 Å². The van der Waals surface area contributed by atoms with E-state index >= 15 is 0 Å². The maximum Gasteiger partial charge on any atom is 0.329 e. The summed E-state index contributed by atoms with van der Waals surface area (Å²) in [6.45, 7) is 5.26. The second kappa shape index (κ2) is 8.13. The van der Waals surface area contributed by atoms with Gasteiger partial charge in [-0.3, -0.25) is 9.59 Å². The molecule has 0 fully saturated rings. The zero-order valence-electron chi connectivity index (χ0n) is 13.9. The fourth-order valence-electron chi connectivity index (χ4n) is 1.97. The number of hydrogen-bond donors (Lipinski definition) is 2. The van der Waals surface area contributed by atoms with Gasteiger partial charge in [-0.15, -0.1) is 0 Å². The number of benzene rings is 1. The first kappa shape index (κ1) is 19.0. The van der Waals surface area contributed by atoms with Gasteiger partial charge in [-0.2, -0.15) is 10.2 Å². The maximum absolute atomic E-state index is 11.6. The van der Waals surface area contributed by atoms with E-state index in [0.717, 1.165) is 0 Å². The minimum atomic E-state index is -0.860. The van der Waals surface area contributed by atoms with Crippen molar-refractivity contribution in [1.29, 1.82) is 0 Å². The Morgan fingerprint density at radius 1 is 1.28 bits per heavy atom. The van der Waals surface area contributed by atoms with E-state index in [2.05, 4.69) is 20.9 Å². The Labute approximate surface area is 155 Å². The summed E-state index contributed by atoms with van der Waals surface area (Å²) in [4.78, 5) is 23.1. The summed E-state index contributed by atoms with van der Waals surface area (Å²) in [5.74, 6) is -1.62. The van der Waals surface area contributed by atoms with Crippen LogP contribution in [0.4, 0.5) is 0 Å². The molecule has 7 nitrogen and oxygen atoms in total. The third kappa shape index (κ3) is 4.80. The van der Waals surface area contributed by atoms with E-state index in [-0.39, 0.29) is 6.04 Å². The molecule has 0 radical (unpaired) electrons. The lowest BCUT2D eigenvalue weighted by atomic mass is 10.3. The van der Waals surface area contributed by atoms with Crippen molar-refractivity contribution in [1.82, 2.24) is 20.5 Å². The summed E-state index contributed by atoms with van der Waals surface area (Å²) in [5.41, 5.74) is 3.97. The van der Waals surface area contributed by atoms with Crippen LogP contribution in [0.15, 0.2) is 29.4 Å². The highest BCUT2D eigenvalue weighted by atomic mass is 35.5. The lowest BCUT2D eigenvalue weighted by Gasteiger charge is -2.06. The predicted molar refractivity (Wildman–Crippen MR) is 97.3 cm³/mol. The normalized spacial score (nSPS) is 11.1. The summed E-state index contributed by atoms with van der Waals surface area (Å²) in [7, 11) is 0. The molecule has 0 saturated carbocycles. The van der Waals surface area contributed by atoms with Crippen LogP contribution in [-0.4, -0.2) is 33.9 Å². The number of aromatic nitrogens is 2. The first-order chi connectivity index (χ1) is 11.8. The minimum Gasteiger partial charge on any atom is -0.346 e. The molecule has 1 aromatic carbocycles. The van der Waals surface area contributed by atoms with Gasteiger partial charge in [0, 0.05) is 11.1 Å². The number of nitrogens with one attached hydrogen (secondary N) is 2. The van der Waals surface area contributed by atoms with E-state index in [0.29, 0.717) is 27.1 Å². The number of hydrogen-bond acceptors (Lipinski definition) is 4. The Hall–Kier alpha value is -2.38. The summed E-state index contributed by atoms with van der Waals surface area (Å²) in [5, 5.41) is 11.4. The van der Waals surface area contributed by atoms with Gasteiger partial charge in [0.25, 0.3) is 0 Å². The van der Waals surface area contributed by atoms with Crippen molar-refractivity contribution in [3.8, 4) is 5.69 Å². The van der Waals surface area contributed by atoms with Crippen molar-refractivity contribution < 1.29 is 9.59 Å². The van der Waals surface area contributed by atoms with Gasteiger partial charge in [-0.25, -0.2) is 10.1 Å². The number of amides is 2. The van der Waals surface area contributed by atoms with Crippen LogP contribution in [0, 0.1) is 6.92 Å². The van der Waals surface area contributed by atoms with Crippen molar-refractivity contribution in [3.05, 3.63) is 45.7 Å². The average Bonchev–Trinajstić information content (AvgIpc) is 2.82. The van der Waals surface area contributed by atoms with E-state index in [1.165, 1.54) is 10.9 Å². The number of carbonyl (C=O) groups excluding carboxylic acids is 2. The molecule has 2 amide bonds. The van der Waals surface area contributed by atoms with Crippen LogP contribution >= 0.6 is 23.2 Å². The lowest BCUT2D eigenvalue weighted by Crippen LogP contribution is -2.41. The molecule has 1 aromatic heterocycles. The van der Waals surface area contributed by atoms with E-state index < -0.39 is 11.8 Å². The van der Waals surface area contributed by atoms with Crippen LogP contribution in [0.1, 0.15) is 25.1 Å². The summed E-state index contributed by atoms with van der Waals surface area (Å²) < 4.78 is 1.51. The summed E-state index contributed by atoms with van der Waals surface area (Å²) in [6.07, 6.45) is 1.34. The summed E-state index contributed by atoms with van der Waals surface area (Å²) >= 11 is 12.3. The Kier molecular flexibility index (Phi) is 6.17. The van der Waals surface area contributed by atoms with Crippen LogP contribution in [0.3, 0.4) is 0 Å². The monoisotopic (exact) mass is 381 g/mol. The molecule has 0 spiro atoms. The second-order valence-electron chi connectivity index (χ2n) is 5.51. The molecule has 2 N–H and O–H groups in total. The van der Waals surface area contributed by atoms with Crippen molar-refractivity contribution in [2.24, 2.45) is 5.10 Å². The van der Waals surface area contributed by atoms with E-state index in [4.69, 9.17) is 23.2 Å². The molecular weight excluding hydrogens is 365 g/mol. The molecule has 9 heteroatoms. The molecule has 0 saturated heterocycles. The van der Waals surface area contributed by atoms with Gasteiger partial charge < -0.3 is 5.32 Å². The smallest absolute Gasteiger partial charge is 0.329 e. The van der Waals surface area contributed by atoms with E-state index in [1.54, 1.807) is 39.0 Å². The van der Waals surface area contributed by atoms with Gasteiger partial charge in [0.1, 0.15) is 5.15 Å². The zero-order chi connectivity index (χ0) is 18.6. The second-order valence-corrected chi connectivity index (χ2v) is 6.30. The molecule has 1 heterocycles. The van der Waals surface area contributed by atoms with Gasteiger partial charge in [0.2, 0.25) is 0 Å². The first-order valence-electron chi connectivity index (χ1n) is 7.44. The lowest BCUT2D eigenvalue weighted by molar-refractivity contribution is -0.139. The number of halogens is 2. The van der Waals surface area contributed by atoms with Gasteiger partial charge >= 0.3 is 11.8 Å². The van der Waals surface area contributed by atoms with Crippen LogP contribution in [-0.2, 0) is 9.59 Å². The van der Waals surface area contributed by atoms with Crippen molar-refractivity contribution in [3.63, 3.8) is 0 Å². The van der Waals surface area contributed by atoms with Crippen LogP contribution in [0.25, 0.3) is 5.69 Å². The van der Waals surface area contributed by atoms with Crippen molar-refractivity contribution in [2.45, 2.75) is 26.8 Å². The van der Waals surface area contributed by atoms with Gasteiger partial charge in [0.15, 0.2) is 0 Å². The maximum atomic E-state index is 11.6. The van der Waals surface area contributed by atoms with Gasteiger partial charge in [-0.1, -0.05) is 29.3 Å². The Bertz CT molecular complexity index is 830. The molecule has 0 atom stereocenters.